The number of ether oxygens (including phenoxy) is 2. The van der Waals surface area contributed by atoms with Gasteiger partial charge in [-0.3, -0.25) is 4.79 Å². The average Bonchev–Trinajstić information content (AvgIpc) is 2.85. The number of carbonyl (C=O) groups is 2. The third-order valence-corrected chi connectivity index (χ3v) is 5.90. The standard InChI is InChI=1S/C23H32N4O4S2/c1-15(21(28)26-20(11-12-33-3)23(29)30-2)31-22-19(25-13-17(24)14-32)10-9-18(27-22)16-7-5-4-6-8-16/h4-10,15,17,20,25,32H,11-14,24H2,1-3H3,(H,26,28). The van der Waals surface area contributed by atoms with E-state index in [9.17, 15) is 9.59 Å². The van der Waals surface area contributed by atoms with Gasteiger partial charge in [0.15, 0.2) is 6.10 Å². The molecule has 4 N–H and O–H groups in total. The maximum atomic E-state index is 12.8. The molecule has 10 heteroatoms. The normalized spacial score (nSPS) is 13.5. The minimum absolute atomic E-state index is 0.159. The van der Waals surface area contributed by atoms with E-state index in [0.717, 1.165) is 5.56 Å². The largest absolute Gasteiger partial charge is 0.467 e. The molecule has 0 aliphatic carbocycles. The molecule has 0 radical (unpaired) electrons. The highest BCUT2D eigenvalue weighted by Crippen LogP contribution is 2.28. The molecular formula is C23H32N4O4S2. The van der Waals surface area contributed by atoms with E-state index in [1.807, 2.05) is 48.7 Å². The van der Waals surface area contributed by atoms with Gasteiger partial charge in [0.05, 0.1) is 18.5 Å². The van der Waals surface area contributed by atoms with Gasteiger partial charge in [-0.2, -0.15) is 24.4 Å². The van der Waals surface area contributed by atoms with Crippen LogP contribution in [0.5, 0.6) is 5.88 Å². The Kier molecular flexibility index (Phi) is 11.4. The zero-order valence-electron chi connectivity index (χ0n) is 19.1. The number of aromatic nitrogens is 1. The second-order valence-electron chi connectivity index (χ2n) is 7.36. The predicted octanol–water partition coefficient (Wildman–Crippen LogP) is 2.60. The van der Waals surface area contributed by atoms with Crippen LogP contribution in [0.1, 0.15) is 13.3 Å². The van der Waals surface area contributed by atoms with E-state index in [-0.39, 0.29) is 11.9 Å². The predicted molar refractivity (Wildman–Crippen MR) is 137 cm³/mol. The Labute approximate surface area is 204 Å². The number of esters is 1. The van der Waals surface area contributed by atoms with E-state index in [1.54, 1.807) is 18.7 Å². The highest BCUT2D eigenvalue weighted by molar-refractivity contribution is 7.98. The van der Waals surface area contributed by atoms with Gasteiger partial charge in [-0.25, -0.2) is 9.78 Å². The summed E-state index contributed by atoms with van der Waals surface area (Å²) in [5.74, 6) is 0.565. The quantitative estimate of drug-likeness (QED) is 0.249. The number of amides is 1. The summed E-state index contributed by atoms with van der Waals surface area (Å²) in [5.41, 5.74) is 8.20. The van der Waals surface area contributed by atoms with Crippen molar-refractivity contribution in [2.75, 3.05) is 36.7 Å². The van der Waals surface area contributed by atoms with Crippen LogP contribution in [-0.4, -0.2) is 66.5 Å². The number of benzene rings is 1. The number of thiol groups is 1. The molecule has 0 aliphatic heterocycles. The second-order valence-corrected chi connectivity index (χ2v) is 8.72. The smallest absolute Gasteiger partial charge is 0.328 e. The fourth-order valence-electron chi connectivity index (χ4n) is 2.88. The Balaban J connectivity index is 2.21. The third kappa shape index (κ3) is 8.45. The molecule has 1 amide bonds. The molecule has 0 spiro atoms. The van der Waals surface area contributed by atoms with Crippen molar-refractivity contribution in [2.45, 2.75) is 31.5 Å². The van der Waals surface area contributed by atoms with Gasteiger partial charge >= 0.3 is 5.97 Å². The minimum Gasteiger partial charge on any atom is -0.467 e. The van der Waals surface area contributed by atoms with Crippen LogP contribution in [0.3, 0.4) is 0 Å². The first-order chi connectivity index (χ1) is 15.9. The third-order valence-electron chi connectivity index (χ3n) is 4.79. The number of nitrogens with zero attached hydrogens (tertiary/aromatic N) is 1. The number of nitrogens with two attached hydrogens (primary N) is 1. The summed E-state index contributed by atoms with van der Waals surface area (Å²) in [6, 6.07) is 12.5. The molecule has 1 aromatic carbocycles. The van der Waals surface area contributed by atoms with Gasteiger partial charge in [0.25, 0.3) is 5.91 Å². The van der Waals surface area contributed by atoms with Gasteiger partial charge in [-0.05, 0) is 37.5 Å². The summed E-state index contributed by atoms with van der Waals surface area (Å²) < 4.78 is 10.8. The molecule has 0 bridgehead atoms. The number of rotatable bonds is 13. The van der Waals surface area contributed by atoms with Crippen molar-refractivity contribution < 1.29 is 19.1 Å². The molecule has 8 nitrogen and oxygen atoms in total. The first-order valence-corrected chi connectivity index (χ1v) is 12.6. The fraction of sp³-hybridized carbons (Fsp3) is 0.435. The van der Waals surface area contributed by atoms with Crippen LogP contribution in [0.25, 0.3) is 11.3 Å². The Bertz CT molecular complexity index is 901. The van der Waals surface area contributed by atoms with Crippen molar-refractivity contribution >= 4 is 42.0 Å². The van der Waals surface area contributed by atoms with E-state index in [4.69, 9.17) is 15.2 Å². The number of hydrogen-bond acceptors (Lipinski definition) is 9. The number of nitrogens with one attached hydrogen (secondary N) is 2. The molecule has 180 valence electrons. The van der Waals surface area contributed by atoms with Crippen molar-refractivity contribution in [1.82, 2.24) is 10.3 Å². The van der Waals surface area contributed by atoms with Crippen molar-refractivity contribution in [2.24, 2.45) is 5.73 Å². The van der Waals surface area contributed by atoms with E-state index in [1.165, 1.54) is 7.11 Å². The molecule has 3 atom stereocenters. The summed E-state index contributed by atoms with van der Waals surface area (Å²) >= 11 is 5.79. The maximum absolute atomic E-state index is 12.8. The SMILES string of the molecule is COC(=O)C(CCSC)NC(=O)C(C)Oc1nc(-c2ccccc2)ccc1NCC(N)CS. The number of hydrogen-bond donors (Lipinski definition) is 4. The lowest BCUT2D eigenvalue weighted by atomic mass is 10.1. The average molecular weight is 493 g/mol. The fourth-order valence-corrected chi connectivity index (χ4v) is 3.48. The van der Waals surface area contributed by atoms with Crippen LogP contribution in [-0.2, 0) is 14.3 Å². The Morgan fingerprint density at radius 1 is 1.21 bits per heavy atom. The Morgan fingerprint density at radius 3 is 2.58 bits per heavy atom. The molecule has 3 unspecified atom stereocenters. The first kappa shape index (κ1) is 26.8. The number of methoxy groups -OCH3 is 1. The van der Waals surface area contributed by atoms with Crippen LogP contribution in [0.15, 0.2) is 42.5 Å². The highest BCUT2D eigenvalue weighted by Gasteiger charge is 2.25. The maximum Gasteiger partial charge on any atom is 0.328 e. The van der Waals surface area contributed by atoms with Gasteiger partial charge in [0.1, 0.15) is 6.04 Å². The van der Waals surface area contributed by atoms with Crippen LogP contribution in [0, 0.1) is 0 Å². The van der Waals surface area contributed by atoms with Crippen molar-refractivity contribution in [3.05, 3.63) is 42.5 Å². The summed E-state index contributed by atoms with van der Waals surface area (Å²) in [5, 5.41) is 5.93. The first-order valence-electron chi connectivity index (χ1n) is 10.6. The van der Waals surface area contributed by atoms with Crippen molar-refractivity contribution in [1.29, 1.82) is 0 Å². The minimum atomic E-state index is -0.899. The number of thioether (sulfide) groups is 1. The Hall–Kier alpha value is -2.43. The molecule has 2 aromatic rings. The van der Waals surface area contributed by atoms with Gasteiger partial charge in [0.2, 0.25) is 5.88 Å². The highest BCUT2D eigenvalue weighted by atomic mass is 32.2. The molecule has 0 saturated carbocycles. The van der Waals surface area contributed by atoms with Crippen LogP contribution >= 0.6 is 24.4 Å². The van der Waals surface area contributed by atoms with Crippen molar-refractivity contribution in [3.63, 3.8) is 0 Å². The monoisotopic (exact) mass is 492 g/mol. The van der Waals surface area contributed by atoms with E-state index >= 15 is 0 Å². The molecule has 0 aliphatic rings. The number of anilines is 1. The molecule has 2 rings (SSSR count). The number of carbonyl (C=O) groups excluding carboxylic acids is 2. The lowest BCUT2D eigenvalue weighted by molar-refractivity contribution is -0.146. The molecule has 0 saturated heterocycles. The van der Waals surface area contributed by atoms with E-state index in [2.05, 4.69) is 28.2 Å². The van der Waals surface area contributed by atoms with Gasteiger partial charge in [0, 0.05) is 23.9 Å². The zero-order valence-corrected chi connectivity index (χ0v) is 20.8. The van der Waals surface area contributed by atoms with Crippen LogP contribution in [0.2, 0.25) is 0 Å². The second kappa shape index (κ2) is 14.0. The molecule has 1 heterocycles. The Morgan fingerprint density at radius 2 is 1.94 bits per heavy atom. The number of pyridine rings is 1. The molecule has 0 fully saturated rings. The van der Waals surface area contributed by atoms with Crippen LogP contribution in [0.4, 0.5) is 5.69 Å². The lowest BCUT2D eigenvalue weighted by Crippen LogP contribution is -2.47. The van der Waals surface area contributed by atoms with Gasteiger partial charge < -0.3 is 25.8 Å². The lowest BCUT2D eigenvalue weighted by Gasteiger charge is -2.21. The zero-order chi connectivity index (χ0) is 24.2. The van der Waals surface area contributed by atoms with E-state index in [0.29, 0.717) is 35.9 Å². The van der Waals surface area contributed by atoms with Gasteiger partial charge in [-0.1, -0.05) is 30.3 Å². The van der Waals surface area contributed by atoms with Crippen molar-refractivity contribution in [3.8, 4) is 17.1 Å². The molecular weight excluding hydrogens is 460 g/mol. The van der Waals surface area contributed by atoms with Gasteiger partial charge in [-0.15, -0.1) is 0 Å². The van der Waals surface area contributed by atoms with Crippen LogP contribution < -0.4 is 21.1 Å². The summed E-state index contributed by atoms with van der Waals surface area (Å²) in [6.07, 6.45) is 1.49. The summed E-state index contributed by atoms with van der Waals surface area (Å²) in [6.45, 7) is 2.07. The molecule has 33 heavy (non-hydrogen) atoms. The summed E-state index contributed by atoms with van der Waals surface area (Å²) in [7, 11) is 1.30. The summed E-state index contributed by atoms with van der Waals surface area (Å²) in [4.78, 5) is 29.5. The molecule has 1 aromatic heterocycles. The van der Waals surface area contributed by atoms with E-state index < -0.39 is 24.0 Å². The topological polar surface area (TPSA) is 116 Å².